The summed E-state index contributed by atoms with van der Waals surface area (Å²) in [6, 6.07) is 0. The smallest absolute Gasteiger partial charge is 0.103 e. The van der Waals surface area contributed by atoms with Crippen LogP contribution in [0.5, 0.6) is 0 Å². The minimum atomic E-state index is 0.171. The van der Waals surface area contributed by atoms with E-state index >= 15 is 0 Å². The molecule has 0 rings (SSSR count). The molecule has 0 atom stereocenters. The number of hydrogen-bond acceptors (Lipinski definition) is 2. The fourth-order valence-corrected chi connectivity index (χ4v) is 0. The summed E-state index contributed by atoms with van der Waals surface area (Å²) in [5.74, 6) is 0. The van der Waals surface area contributed by atoms with E-state index in [-0.39, 0.29) is 5.70 Å². The van der Waals surface area contributed by atoms with Gasteiger partial charge in [0.15, 0.2) is 0 Å². The number of hydrogen-bond donors (Lipinski definition) is 2. The summed E-state index contributed by atoms with van der Waals surface area (Å²) in [7, 11) is 0. The van der Waals surface area contributed by atoms with Crippen LogP contribution in [-0.4, -0.2) is 6.21 Å². The first kappa shape index (κ1) is 4.21. The van der Waals surface area contributed by atoms with E-state index in [0.717, 1.165) is 0 Å². The Morgan fingerprint density at radius 2 is 2.20 bits per heavy atom. The third kappa shape index (κ3) is 3.21. The molecule has 0 amide bonds. The van der Waals surface area contributed by atoms with Crippen LogP contribution in [0.15, 0.2) is 12.3 Å². The molecule has 2 nitrogen and oxygen atoms in total. The first-order valence-electron chi connectivity index (χ1n) is 1.14. The summed E-state index contributed by atoms with van der Waals surface area (Å²) in [4.78, 5) is 0. The van der Waals surface area contributed by atoms with Crippen LogP contribution in [0.2, 0.25) is 0 Å². The van der Waals surface area contributed by atoms with E-state index in [1.807, 2.05) is 6.21 Å². The Bertz CT molecular complexity index is 55.9. The predicted molar refractivity (Wildman–Crippen MR) is 21.1 cm³/mol. The van der Waals surface area contributed by atoms with Crippen LogP contribution >= 0.6 is 0 Å². The molecule has 0 aromatic carbocycles. The molecule has 0 saturated heterocycles. The molecule has 27 valence electrons. The fourth-order valence-electron chi connectivity index (χ4n) is 0. The maximum atomic E-state index is 6.18. The molecule has 0 aliphatic rings. The molecular weight excluding hydrogens is 64.0 g/mol. The van der Waals surface area contributed by atoms with Crippen LogP contribution < -0.4 is 5.73 Å². The van der Waals surface area contributed by atoms with Crippen molar-refractivity contribution in [3.05, 3.63) is 12.3 Å². The normalized spacial score (nSPS) is 6.40. The molecule has 0 unspecified atom stereocenters. The summed E-state index contributed by atoms with van der Waals surface area (Å²) in [6.07, 6.45) is 1.86. The fraction of sp³-hybridized carbons (Fsp3) is 0. The highest BCUT2D eigenvalue weighted by Crippen LogP contribution is 1.56. The van der Waals surface area contributed by atoms with Crippen molar-refractivity contribution in [1.82, 2.24) is 0 Å². The number of nitrogens with two attached hydrogens (primary N) is 1. The Kier molecular flexibility index (Phi) is 1.28. The van der Waals surface area contributed by atoms with Gasteiger partial charge in [0.05, 0.1) is 5.70 Å². The van der Waals surface area contributed by atoms with Gasteiger partial charge in [-0.05, 0) is 0 Å². The molecule has 0 spiro atoms. The van der Waals surface area contributed by atoms with Crippen LogP contribution in [-0.2, 0) is 0 Å². The van der Waals surface area contributed by atoms with Crippen LogP contribution in [0.4, 0.5) is 0 Å². The lowest BCUT2D eigenvalue weighted by Crippen LogP contribution is -1.92. The Labute approximate surface area is 30.8 Å². The van der Waals surface area contributed by atoms with E-state index < -0.39 is 0 Å². The molecule has 5 heavy (non-hydrogen) atoms. The van der Waals surface area contributed by atoms with Crippen molar-refractivity contribution >= 4 is 6.21 Å². The second-order valence-electron chi connectivity index (χ2n) is 0.650. The monoisotopic (exact) mass is 69.0 g/mol. The van der Waals surface area contributed by atoms with Gasteiger partial charge in [-0.3, -0.25) is 5.41 Å². The van der Waals surface area contributed by atoms with Crippen molar-refractivity contribution < 1.29 is 0 Å². The zero-order valence-electron chi connectivity index (χ0n) is 2.78. The predicted octanol–water partition coefficient (Wildman–Crippen LogP) is -0.0146. The maximum absolute atomic E-state index is 6.18. The summed E-state index contributed by atoms with van der Waals surface area (Å²) >= 11 is 0. The largest absolute Gasteiger partial charge is 0.397 e. The van der Waals surface area contributed by atoms with Gasteiger partial charge in [0.25, 0.3) is 0 Å². The van der Waals surface area contributed by atoms with Crippen molar-refractivity contribution in [3.63, 3.8) is 0 Å². The average molecular weight is 69.1 g/mol. The van der Waals surface area contributed by atoms with Crippen molar-refractivity contribution in [1.29, 1.82) is 5.41 Å². The molecule has 1 radical (unpaired) electrons. The summed E-state index contributed by atoms with van der Waals surface area (Å²) in [5, 5.41) is 6.18. The van der Waals surface area contributed by atoms with Gasteiger partial charge in [-0.25, -0.2) is 0 Å². The van der Waals surface area contributed by atoms with E-state index in [4.69, 9.17) is 11.1 Å². The zero-order valence-corrected chi connectivity index (χ0v) is 2.78. The van der Waals surface area contributed by atoms with Gasteiger partial charge < -0.3 is 5.73 Å². The number of nitrogens with one attached hydrogen (secondary N) is 1. The molecule has 0 aromatic rings. The van der Waals surface area contributed by atoms with Crippen LogP contribution in [0, 0.1) is 5.41 Å². The standard InChI is InChI=1S/C3H5N2/c1-3(5)2-4/h4H,1,5H2. The third-order valence-electron chi connectivity index (χ3n) is 0.161. The van der Waals surface area contributed by atoms with Gasteiger partial charge in [-0.15, -0.1) is 0 Å². The maximum Gasteiger partial charge on any atom is 0.103 e. The van der Waals surface area contributed by atoms with Gasteiger partial charge in [-0.1, -0.05) is 6.58 Å². The van der Waals surface area contributed by atoms with E-state index in [1.54, 1.807) is 0 Å². The Balaban J connectivity index is 3.20. The minimum absolute atomic E-state index is 0.171. The zero-order chi connectivity index (χ0) is 4.28. The van der Waals surface area contributed by atoms with Gasteiger partial charge >= 0.3 is 0 Å². The molecule has 0 heterocycles. The van der Waals surface area contributed by atoms with Crippen LogP contribution in [0.1, 0.15) is 0 Å². The lowest BCUT2D eigenvalue weighted by molar-refractivity contribution is 1.47. The Hall–Kier alpha value is -0.790. The first-order valence-corrected chi connectivity index (χ1v) is 1.14. The van der Waals surface area contributed by atoms with Crippen molar-refractivity contribution in [3.8, 4) is 0 Å². The van der Waals surface area contributed by atoms with Crippen molar-refractivity contribution in [2.24, 2.45) is 5.73 Å². The number of allylic oxidation sites excluding steroid dienone is 1. The van der Waals surface area contributed by atoms with E-state index in [1.165, 1.54) is 0 Å². The lowest BCUT2D eigenvalue weighted by Gasteiger charge is -1.71. The quantitative estimate of drug-likeness (QED) is 0.418. The third-order valence-corrected chi connectivity index (χ3v) is 0.161. The SMILES string of the molecule is C=C(N)[C]=N. The molecule has 0 fully saturated rings. The first-order chi connectivity index (χ1) is 2.27. The average Bonchev–Trinajstić information content (AvgIpc) is 1.38. The van der Waals surface area contributed by atoms with Crippen molar-refractivity contribution in [2.75, 3.05) is 0 Å². The molecular formula is C3H5N2. The molecule has 0 aromatic heterocycles. The summed E-state index contributed by atoms with van der Waals surface area (Å²) in [6.45, 7) is 3.15. The molecule has 2 heteroatoms. The van der Waals surface area contributed by atoms with Crippen molar-refractivity contribution in [2.45, 2.75) is 0 Å². The van der Waals surface area contributed by atoms with Crippen LogP contribution in [0.3, 0.4) is 0 Å². The Morgan fingerprint density at radius 1 is 2.00 bits per heavy atom. The second-order valence-corrected chi connectivity index (χ2v) is 0.650. The van der Waals surface area contributed by atoms with Crippen LogP contribution in [0.25, 0.3) is 0 Å². The summed E-state index contributed by atoms with van der Waals surface area (Å²) < 4.78 is 0. The van der Waals surface area contributed by atoms with E-state index in [2.05, 4.69) is 6.58 Å². The minimum Gasteiger partial charge on any atom is -0.397 e. The van der Waals surface area contributed by atoms with E-state index in [0.29, 0.717) is 0 Å². The lowest BCUT2D eigenvalue weighted by atomic mass is 10.6. The highest BCUT2D eigenvalue weighted by Gasteiger charge is 1.63. The molecule has 0 aliphatic carbocycles. The topological polar surface area (TPSA) is 49.9 Å². The summed E-state index contributed by atoms with van der Waals surface area (Å²) in [5.41, 5.74) is 4.97. The second kappa shape index (κ2) is 1.52. The van der Waals surface area contributed by atoms with Gasteiger partial charge in [-0.2, -0.15) is 0 Å². The highest BCUT2D eigenvalue weighted by atomic mass is 14.6. The number of rotatable bonds is 1. The molecule has 0 aliphatic heterocycles. The van der Waals surface area contributed by atoms with Gasteiger partial charge in [0.2, 0.25) is 0 Å². The molecule has 0 bridgehead atoms. The van der Waals surface area contributed by atoms with Gasteiger partial charge in [0.1, 0.15) is 6.21 Å². The molecule has 0 saturated carbocycles. The highest BCUT2D eigenvalue weighted by molar-refractivity contribution is 5.72. The Morgan fingerprint density at radius 3 is 2.20 bits per heavy atom. The van der Waals surface area contributed by atoms with Gasteiger partial charge in [0, 0.05) is 0 Å². The molecule has 3 N–H and O–H groups in total. The van der Waals surface area contributed by atoms with E-state index in [9.17, 15) is 0 Å².